The van der Waals surface area contributed by atoms with Crippen molar-refractivity contribution in [3.05, 3.63) is 58.9 Å². The largest absolute Gasteiger partial charge is 0.339 e. The average Bonchev–Trinajstić information content (AvgIpc) is 2.67. The second kappa shape index (κ2) is 8.50. The van der Waals surface area contributed by atoms with Gasteiger partial charge in [-0.05, 0) is 59.9 Å². The third kappa shape index (κ3) is 5.09. The monoisotopic (exact) mass is 428 g/mol. The molecule has 2 aromatic rings. The van der Waals surface area contributed by atoms with Gasteiger partial charge in [0.05, 0.1) is 16.2 Å². The molecule has 1 aliphatic heterocycles. The van der Waals surface area contributed by atoms with Crippen LogP contribution in [0.1, 0.15) is 67.6 Å². The Kier molecular flexibility index (Phi) is 6.37. The summed E-state index contributed by atoms with van der Waals surface area (Å²) >= 11 is 0. The van der Waals surface area contributed by atoms with Crippen molar-refractivity contribution in [1.82, 2.24) is 9.88 Å². The molecule has 0 unspecified atom stereocenters. The van der Waals surface area contributed by atoms with E-state index in [1.54, 1.807) is 12.1 Å². The van der Waals surface area contributed by atoms with Crippen LogP contribution in [0, 0.1) is 12.8 Å². The summed E-state index contributed by atoms with van der Waals surface area (Å²) in [4.78, 5) is 19.2. The number of pyridine rings is 1. The van der Waals surface area contributed by atoms with Crippen LogP contribution in [0.15, 0.2) is 41.6 Å². The summed E-state index contributed by atoms with van der Waals surface area (Å²) in [5.41, 5.74) is 2.56. The third-order valence-corrected chi connectivity index (χ3v) is 7.68. The molecule has 0 atom stereocenters. The molecule has 0 N–H and O–H groups in total. The maximum Gasteiger partial charge on any atom is 0.255 e. The minimum absolute atomic E-state index is 0.0699. The SMILES string of the molecule is Cc1ccc(C(C)(C)C)cc1S(=O)(=O)Cc1cncc(C(=O)N2CCC(C)CC2)c1. The van der Waals surface area contributed by atoms with Crippen molar-refractivity contribution in [1.29, 1.82) is 0 Å². The molecular formula is C24H32N2O3S. The zero-order valence-electron chi connectivity index (χ0n) is 18.6. The van der Waals surface area contributed by atoms with Crippen LogP contribution in [0.25, 0.3) is 0 Å². The fraction of sp³-hybridized carbons (Fsp3) is 0.500. The first-order valence-corrected chi connectivity index (χ1v) is 12.2. The zero-order chi connectivity index (χ0) is 22.1. The van der Waals surface area contributed by atoms with Crippen LogP contribution < -0.4 is 0 Å². The second-order valence-electron chi connectivity index (χ2n) is 9.55. The molecule has 1 amide bonds. The molecule has 1 aromatic carbocycles. The van der Waals surface area contributed by atoms with Crippen molar-refractivity contribution in [3.8, 4) is 0 Å². The molecule has 0 spiro atoms. The quantitative estimate of drug-likeness (QED) is 0.717. The van der Waals surface area contributed by atoms with E-state index in [0.29, 0.717) is 21.9 Å². The molecule has 5 nitrogen and oxygen atoms in total. The number of sulfone groups is 1. The lowest BCUT2D eigenvalue weighted by Gasteiger charge is -2.30. The number of benzene rings is 1. The summed E-state index contributed by atoms with van der Waals surface area (Å²) in [6.07, 6.45) is 5.06. The number of amides is 1. The number of piperidine rings is 1. The van der Waals surface area contributed by atoms with Gasteiger partial charge in [-0.1, -0.05) is 39.8 Å². The standard InChI is InChI=1S/C24H32N2O3S/c1-17-8-10-26(11-9-17)23(27)20-12-19(14-25-15-20)16-30(28,29)22-13-21(24(3,4)5)7-6-18(22)2/h6-7,12-15,17H,8-11,16H2,1-5H3. The molecule has 0 bridgehead atoms. The smallest absolute Gasteiger partial charge is 0.255 e. The van der Waals surface area contributed by atoms with Crippen molar-refractivity contribution in [2.45, 2.75) is 63.5 Å². The number of nitrogens with zero attached hydrogens (tertiary/aromatic N) is 2. The zero-order valence-corrected chi connectivity index (χ0v) is 19.4. The summed E-state index contributed by atoms with van der Waals surface area (Å²) in [6.45, 7) is 11.7. The molecule has 6 heteroatoms. The highest BCUT2D eigenvalue weighted by molar-refractivity contribution is 7.90. The van der Waals surface area contributed by atoms with E-state index in [1.807, 2.05) is 24.0 Å². The van der Waals surface area contributed by atoms with Crippen molar-refractivity contribution < 1.29 is 13.2 Å². The Labute approximate surface area is 180 Å². The number of likely N-dealkylation sites (tertiary alicyclic amines) is 1. The molecule has 1 aliphatic rings. The van der Waals surface area contributed by atoms with Crippen molar-refractivity contribution in [2.75, 3.05) is 13.1 Å². The Morgan fingerprint density at radius 3 is 2.43 bits per heavy atom. The van der Waals surface area contributed by atoms with E-state index in [1.165, 1.54) is 12.4 Å². The molecule has 30 heavy (non-hydrogen) atoms. The number of hydrogen-bond acceptors (Lipinski definition) is 4. The highest BCUT2D eigenvalue weighted by atomic mass is 32.2. The van der Waals surface area contributed by atoms with Gasteiger partial charge in [-0.15, -0.1) is 0 Å². The topological polar surface area (TPSA) is 67.3 Å². The minimum Gasteiger partial charge on any atom is -0.339 e. The van der Waals surface area contributed by atoms with Gasteiger partial charge in [0.25, 0.3) is 5.91 Å². The van der Waals surface area contributed by atoms with E-state index < -0.39 is 9.84 Å². The molecule has 0 saturated carbocycles. The van der Waals surface area contributed by atoms with E-state index in [2.05, 4.69) is 32.7 Å². The Morgan fingerprint density at radius 2 is 1.80 bits per heavy atom. The average molecular weight is 429 g/mol. The highest BCUT2D eigenvalue weighted by Gasteiger charge is 2.24. The van der Waals surface area contributed by atoms with Crippen molar-refractivity contribution >= 4 is 15.7 Å². The molecule has 0 radical (unpaired) electrons. The lowest BCUT2D eigenvalue weighted by atomic mass is 9.87. The number of rotatable bonds is 4. The maximum atomic E-state index is 13.2. The summed E-state index contributed by atoms with van der Waals surface area (Å²) in [7, 11) is -3.57. The predicted molar refractivity (Wildman–Crippen MR) is 119 cm³/mol. The summed E-state index contributed by atoms with van der Waals surface area (Å²) in [6, 6.07) is 7.30. The summed E-state index contributed by atoms with van der Waals surface area (Å²) < 4.78 is 26.4. The van der Waals surface area contributed by atoms with Gasteiger partial charge < -0.3 is 4.90 Å². The van der Waals surface area contributed by atoms with Gasteiger partial charge in [0.1, 0.15) is 0 Å². The van der Waals surface area contributed by atoms with E-state index in [4.69, 9.17) is 0 Å². The molecule has 1 aromatic heterocycles. The molecule has 3 rings (SSSR count). The van der Waals surface area contributed by atoms with Gasteiger partial charge in [-0.25, -0.2) is 8.42 Å². The Balaban J connectivity index is 1.84. The maximum absolute atomic E-state index is 13.2. The Morgan fingerprint density at radius 1 is 1.13 bits per heavy atom. The van der Waals surface area contributed by atoms with Crippen molar-refractivity contribution in [3.63, 3.8) is 0 Å². The third-order valence-electron chi connectivity index (χ3n) is 5.86. The number of aryl methyl sites for hydroxylation is 1. The first kappa shape index (κ1) is 22.5. The van der Waals surface area contributed by atoms with E-state index in [9.17, 15) is 13.2 Å². The normalized spacial score (nSPS) is 16.0. The Hall–Kier alpha value is -2.21. The van der Waals surface area contributed by atoms with E-state index in [-0.39, 0.29) is 17.1 Å². The summed E-state index contributed by atoms with van der Waals surface area (Å²) in [5, 5.41) is 0. The first-order valence-electron chi connectivity index (χ1n) is 10.5. The van der Waals surface area contributed by atoms with Crippen LogP contribution in [-0.4, -0.2) is 37.3 Å². The van der Waals surface area contributed by atoms with Crippen LogP contribution in [0.4, 0.5) is 0 Å². The lowest BCUT2D eigenvalue weighted by molar-refractivity contribution is 0.0696. The molecule has 162 valence electrons. The number of carbonyl (C=O) groups is 1. The number of aromatic nitrogens is 1. The van der Waals surface area contributed by atoms with Gasteiger partial charge >= 0.3 is 0 Å². The van der Waals surface area contributed by atoms with Gasteiger partial charge in [0.15, 0.2) is 9.84 Å². The molecular weight excluding hydrogens is 396 g/mol. The van der Waals surface area contributed by atoms with Crippen LogP contribution >= 0.6 is 0 Å². The number of carbonyl (C=O) groups excluding carboxylic acids is 1. The first-order chi connectivity index (χ1) is 14.0. The van der Waals surface area contributed by atoms with Gasteiger partial charge in [0.2, 0.25) is 0 Å². The van der Waals surface area contributed by atoms with Crippen LogP contribution in [0.2, 0.25) is 0 Å². The van der Waals surface area contributed by atoms with Gasteiger partial charge in [-0.3, -0.25) is 9.78 Å². The van der Waals surface area contributed by atoms with Crippen molar-refractivity contribution in [2.24, 2.45) is 5.92 Å². The Bertz CT molecular complexity index is 1030. The minimum atomic E-state index is -3.57. The molecule has 2 heterocycles. The highest BCUT2D eigenvalue weighted by Crippen LogP contribution is 2.28. The fourth-order valence-corrected chi connectivity index (χ4v) is 5.39. The molecule has 1 saturated heterocycles. The second-order valence-corrected chi connectivity index (χ2v) is 11.5. The van der Waals surface area contributed by atoms with E-state index in [0.717, 1.165) is 37.1 Å². The molecule has 0 aliphatic carbocycles. The van der Waals surface area contributed by atoms with Crippen LogP contribution in [-0.2, 0) is 21.0 Å². The van der Waals surface area contributed by atoms with Crippen LogP contribution in [0.5, 0.6) is 0 Å². The summed E-state index contributed by atoms with van der Waals surface area (Å²) in [5.74, 6) is 0.391. The fourth-order valence-electron chi connectivity index (χ4n) is 3.78. The van der Waals surface area contributed by atoms with Gasteiger partial charge in [-0.2, -0.15) is 0 Å². The molecule has 1 fully saturated rings. The van der Waals surface area contributed by atoms with E-state index >= 15 is 0 Å². The predicted octanol–water partition coefficient (Wildman–Crippen LogP) is 4.53. The van der Waals surface area contributed by atoms with Crippen LogP contribution in [0.3, 0.4) is 0 Å². The number of hydrogen-bond donors (Lipinski definition) is 0. The lowest BCUT2D eigenvalue weighted by Crippen LogP contribution is -2.38. The van der Waals surface area contributed by atoms with Gasteiger partial charge in [0, 0.05) is 25.5 Å².